The topological polar surface area (TPSA) is 34.4 Å². The van der Waals surface area contributed by atoms with Crippen molar-refractivity contribution in [2.24, 2.45) is 4.99 Å². The summed E-state index contributed by atoms with van der Waals surface area (Å²) in [7, 11) is 1.72. The highest BCUT2D eigenvalue weighted by atomic mass is 16.1. The average molecular weight is 363 g/mol. The molecule has 1 heterocycles. The fourth-order valence-corrected chi connectivity index (χ4v) is 3.06. The van der Waals surface area contributed by atoms with Crippen molar-refractivity contribution in [3.8, 4) is 5.69 Å². The Morgan fingerprint density at radius 2 is 1.74 bits per heavy atom. The van der Waals surface area contributed by atoms with E-state index in [4.69, 9.17) is 0 Å². The Labute approximate surface area is 163 Å². The number of ketones is 1. The molecule has 0 unspecified atom stereocenters. The van der Waals surface area contributed by atoms with Crippen LogP contribution in [0, 0.1) is 13.8 Å². The molecule has 0 aliphatic heterocycles. The molecular formula is C24H30N2O. The average Bonchev–Trinajstić information content (AvgIpc) is 2.87. The molecule has 0 saturated carbocycles. The Balaban J connectivity index is 0.000000387. The zero-order valence-corrected chi connectivity index (χ0v) is 17.3. The highest BCUT2D eigenvalue weighted by Crippen LogP contribution is 2.25. The van der Waals surface area contributed by atoms with Crippen molar-refractivity contribution in [2.45, 2.75) is 34.6 Å². The van der Waals surface area contributed by atoms with Crippen LogP contribution in [0.2, 0.25) is 0 Å². The number of para-hydroxylation sites is 1. The highest BCUT2D eigenvalue weighted by molar-refractivity contribution is 6.04. The molecule has 0 saturated heterocycles. The van der Waals surface area contributed by atoms with Crippen molar-refractivity contribution in [1.82, 2.24) is 4.57 Å². The van der Waals surface area contributed by atoms with Crippen LogP contribution in [-0.2, 0) is 0 Å². The fraction of sp³-hybridized carbons (Fsp3) is 0.250. The normalized spacial score (nSPS) is 11.6. The van der Waals surface area contributed by atoms with Gasteiger partial charge in [0.2, 0.25) is 0 Å². The summed E-state index contributed by atoms with van der Waals surface area (Å²) in [4.78, 5) is 16.0. The molecule has 0 fully saturated rings. The highest BCUT2D eigenvalue weighted by Gasteiger charge is 2.19. The van der Waals surface area contributed by atoms with Gasteiger partial charge < -0.3 is 4.57 Å². The van der Waals surface area contributed by atoms with Gasteiger partial charge >= 0.3 is 0 Å². The number of hydrogen-bond donors (Lipinski definition) is 0. The molecule has 2 rings (SSSR count). The van der Waals surface area contributed by atoms with E-state index in [-0.39, 0.29) is 5.78 Å². The molecule has 0 aliphatic rings. The van der Waals surface area contributed by atoms with Gasteiger partial charge in [0.25, 0.3) is 0 Å². The van der Waals surface area contributed by atoms with Gasteiger partial charge in [0.15, 0.2) is 5.78 Å². The number of Topliss-reactive ketones (excluding diaryl/α,β-unsaturated/α-hetero) is 1. The van der Waals surface area contributed by atoms with E-state index in [1.54, 1.807) is 26.3 Å². The summed E-state index contributed by atoms with van der Waals surface area (Å²) in [6.45, 7) is 13.2. The number of rotatable bonds is 5. The summed E-state index contributed by atoms with van der Waals surface area (Å²) >= 11 is 0. The van der Waals surface area contributed by atoms with Crippen molar-refractivity contribution in [3.05, 3.63) is 89.3 Å². The third kappa shape index (κ3) is 5.78. The van der Waals surface area contributed by atoms with Crippen LogP contribution in [0.3, 0.4) is 0 Å². The van der Waals surface area contributed by atoms with Crippen molar-refractivity contribution in [3.63, 3.8) is 0 Å². The van der Waals surface area contributed by atoms with Gasteiger partial charge in [0.1, 0.15) is 0 Å². The summed E-state index contributed by atoms with van der Waals surface area (Å²) in [6.07, 6.45) is 9.57. The summed E-state index contributed by atoms with van der Waals surface area (Å²) in [5.41, 5.74) is 5.98. The SMILES string of the molecule is C=C/C=C(C)\C=C/C.CN=Cc1c(C(C)=O)c(C)n(-c2ccccc2)c1C. The van der Waals surface area contributed by atoms with E-state index in [0.717, 1.165) is 28.2 Å². The number of carbonyl (C=O) groups is 1. The van der Waals surface area contributed by atoms with Crippen LogP contribution in [0.4, 0.5) is 0 Å². The molecular weight excluding hydrogens is 332 g/mol. The Hall–Kier alpha value is -2.94. The second-order valence-electron chi connectivity index (χ2n) is 6.22. The van der Waals surface area contributed by atoms with Crippen LogP contribution in [0.5, 0.6) is 0 Å². The van der Waals surface area contributed by atoms with Gasteiger partial charge in [-0.05, 0) is 46.8 Å². The molecule has 0 atom stereocenters. The van der Waals surface area contributed by atoms with Gasteiger partial charge in [-0.25, -0.2) is 0 Å². The molecule has 2 aromatic rings. The van der Waals surface area contributed by atoms with E-state index < -0.39 is 0 Å². The minimum atomic E-state index is 0.0742. The van der Waals surface area contributed by atoms with Crippen LogP contribution in [0.15, 0.2) is 71.8 Å². The lowest BCUT2D eigenvalue weighted by molar-refractivity contribution is 0.101. The van der Waals surface area contributed by atoms with Gasteiger partial charge in [-0.15, -0.1) is 0 Å². The van der Waals surface area contributed by atoms with E-state index in [1.165, 1.54) is 5.57 Å². The smallest absolute Gasteiger partial charge is 0.162 e. The first kappa shape index (κ1) is 22.1. The van der Waals surface area contributed by atoms with Crippen molar-refractivity contribution in [2.75, 3.05) is 7.05 Å². The first-order chi connectivity index (χ1) is 12.9. The number of nitrogens with zero attached hydrogens (tertiary/aromatic N) is 2. The van der Waals surface area contributed by atoms with Crippen LogP contribution in [0.25, 0.3) is 5.69 Å². The molecule has 0 amide bonds. The standard InChI is InChI=1S/C16H18N2O.C8H12/c1-11-15(10-17-4)16(13(3)19)12(2)18(11)14-8-6-5-7-9-14;1-4-6-8(3)7-5-2/h5-10H,1-4H3;4-7H,1H2,2-3H3/b;7-5-,8-6-. The number of benzene rings is 1. The second kappa shape index (κ2) is 10.9. The molecule has 0 spiro atoms. The lowest BCUT2D eigenvalue weighted by Gasteiger charge is -2.09. The van der Waals surface area contributed by atoms with Crippen molar-refractivity contribution < 1.29 is 4.79 Å². The van der Waals surface area contributed by atoms with E-state index in [0.29, 0.717) is 0 Å². The first-order valence-electron chi connectivity index (χ1n) is 9.01. The van der Waals surface area contributed by atoms with Crippen LogP contribution in [-0.4, -0.2) is 23.6 Å². The quantitative estimate of drug-likeness (QED) is 0.363. The van der Waals surface area contributed by atoms with Crippen LogP contribution < -0.4 is 0 Å². The molecule has 0 aliphatic carbocycles. The monoisotopic (exact) mass is 362 g/mol. The number of aromatic nitrogens is 1. The molecule has 142 valence electrons. The molecule has 0 N–H and O–H groups in total. The summed E-state index contributed by atoms with van der Waals surface area (Å²) in [5.74, 6) is 0.0742. The van der Waals surface area contributed by atoms with Crippen molar-refractivity contribution in [1.29, 1.82) is 0 Å². The van der Waals surface area contributed by atoms with Gasteiger partial charge in [-0.2, -0.15) is 0 Å². The molecule has 0 radical (unpaired) electrons. The number of aliphatic imine (C=N–C) groups is 1. The predicted molar refractivity (Wildman–Crippen MR) is 118 cm³/mol. The van der Waals surface area contributed by atoms with E-state index >= 15 is 0 Å². The fourth-order valence-electron chi connectivity index (χ4n) is 3.06. The van der Waals surface area contributed by atoms with E-state index in [2.05, 4.69) is 16.1 Å². The minimum absolute atomic E-state index is 0.0742. The Morgan fingerprint density at radius 1 is 1.11 bits per heavy atom. The largest absolute Gasteiger partial charge is 0.317 e. The summed E-state index contributed by atoms with van der Waals surface area (Å²) in [5, 5.41) is 0. The maximum absolute atomic E-state index is 11.9. The summed E-state index contributed by atoms with van der Waals surface area (Å²) in [6, 6.07) is 10.1. The van der Waals surface area contributed by atoms with Gasteiger partial charge in [-0.1, -0.05) is 54.7 Å². The molecule has 3 nitrogen and oxygen atoms in total. The maximum Gasteiger partial charge on any atom is 0.162 e. The summed E-state index contributed by atoms with van der Waals surface area (Å²) < 4.78 is 2.10. The van der Waals surface area contributed by atoms with E-state index in [1.807, 2.05) is 76.3 Å². The number of carbonyl (C=O) groups excluding carboxylic acids is 1. The van der Waals surface area contributed by atoms with Gasteiger partial charge in [0.05, 0.1) is 0 Å². The first-order valence-corrected chi connectivity index (χ1v) is 9.01. The van der Waals surface area contributed by atoms with E-state index in [9.17, 15) is 4.79 Å². The molecule has 0 bridgehead atoms. The number of hydrogen-bond acceptors (Lipinski definition) is 2. The number of allylic oxidation sites excluding steroid dienone is 5. The second-order valence-corrected chi connectivity index (χ2v) is 6.22. The zero-order chi connectivity index (χ0) is 20.4. The Kier molecular flexibility index (Phi) is 8.94. The molecule has 3 heteroatoms. The third-order valence-electron chi connectivity index (χ3n) is 4.13. The van der Waals surface area contributed by atoms with Crippen LogP contribution in [0.1, 0.15) is 48.1 Å². The predicted octanol–water partition coefficient (Wildman–Crippen LogP) is 6.04. The lowest BCUT2D eigenvalue weighted by Crippen LogP contribution is -2.00. The zero-order valence-electron chi connectivity index (χ0n) is 17.3. The van der Waals surface area contributed by atoms with Crippen molar-refractivity contribution >= 4 is 12.0 Å². The minimum Gasteiger partial charge on any atom is -0.317 e. The Bertz CT molecular complexity index is 866. The van der Waals surface area contributed by atoms with Gasteiger partial charge in [-0.3, -0.25) is 9.79 Å². The molecule has 1 aromatic heterocycles. The Morgan fingerprint density at radius 3 is 2.22 bits per heavy atom. The molecule has 27 heavy (non-hydrogen) atoms. The van der Waals surface area contributed by atoms with Crippen LogP contribution >= 0.6 is 0 Å². The van der Waals surface area contributed by atoms with Gasteiger partial charge in [0, 0.05) is 41.5 Å². The lowest BCUT2D eigenvalue weighted by atomic mass is 10.1. The third-order valence-corrected chi connectivity index (χ3v) is 4.13. The maximum atomic E-state index is 11.9. The molecule has 1 aromatic carbocycles.